The molecular weight excluding hydrogens is 506 g/mol. The third kappa shape index (κ3) is 4.15. The van der Waals surface area contributed by atoms with Gasteiger partial charge in [-0.3, -0.25) is 14.5 Å². The Bertz CT molecular complexity index is 1640. The number of halogens is 1. The maximum Gasteiger partial charge on any atom is 0.330 e. The lowest BCUT2D eigenvalue weighted by Crippen LogP contribution is -2.49. The molecule has 2 amide bonds. The Hall–Kier alpha value is -3.46. The van der Waals surface area contributed by atoms with Crippen LogP contribution in [0.25, 0.3) is 32.2 Å². The lowest BCUT2D eigenvalue weighted by Gasteiger charge is -2.34. The third-order valence-corrected chi connectivity index (χ3v) is 8.36. The van der Waals surface area contributed by atoms with Crippen LogP contribution in [0.5, 0.6) is 0 Å². The van der Waals surface area contributed by atoms with Crippen molar-refractivity contribution >= 4 is 60.9 Å². The molecule has 188 valence electrons. The fourth-order valence-corrected chi connectivity index (χ4v) is 6.44. The van der Waals surface area contributed by atoms with E-state index in [1.807, 2.05) is 72.2 Å². The fraction of sp³-hybridized carbons (Fsp3) is 0.250. The van der Waals surface area contributed by atoms with Crippen molar-refractivity contribution in [2.24, 2.45) is 7.05 Å². The van der Waals surface area contributed by atoms with Crippen molar-refractivity contribution in [3.8, 4) is 11.1 Å². The molecule has 5 aromatic rings. The van der Waals surface area contributed by atoms with E-state index >= 15 is 0 Å². The minimum absolute atomic E-state index is 0.0550. The van der Waals surface area contributed by atoms with E-state index < -0.39 is 0 Å². The number of nitrogens with zero attached hydrogens (tertiary/aromatic N) is 5. The number of rotatable bonds is 5. The molecule has 1 saturated heterocycles. The number of carbonyl (C=O) groups is 1. The van der Waals surface area contributed by atoms with Crippen LogP contribution in [0.3, 0.4) is 0 Å². The van der Waals surface area contributed by atoms with Crippen LogP contribution >= 0.6 is 22.9 Å². The first kappa shape index (κ1) is 23.9. The first-order valence-corrected chi connectivity index (χ1v) is 13.4. The standard InChI is InChI=1S/C28H26ClN5O2S/c1-17-14-23-26(25(22(17)10-13-35)18-4-6-20(29)7-5-18)37-27(31-23)34-12-3-11-33(28(34)36)21-8-9-24-19(15-21)16-30-32(24)2/h4-9,14-16,35H,3,10-13H2,1-2H3. The van der Waals surface area contributed by atoms with Crippen LogP contribution in [-0.2, 0) is 13.5 Å². The van der Waals surface area contributed by atoms with Gasteiger partial charge in [-0.15, -0.1) is 0 Å². The quantitative estimate of drug-likeness (QED) is 0.294. The second-order valence-corrected chi connectivity index (χ2v) is 10.7. The maximum atomic E-state index is 13.7. The van der Waals surface area contributed by atoms with E-state index in [1.165, 1.54) is 11.3 Å². The average molecular weight is 532 g/mol. The summed E-state index contributed by atoms with van der Waals surface area (Å²) in [5, 5.41) is 16.5. The van der Waals surface area contributed by atoms with Gasteiger partial charge >= 0.3 is 6.03 Å². The molecule has 0 radical (unpaired) electrons. The Kier molecular flexibility index (Phi) is 6.10. The Morgan fingerprint density at radius 1 is 1.08 bits per heavy atom. The van der Waals surface area contributed by atoms with Gasteiger partial charge in [0.15, 0.2) is 5.13 Å². The van der Waals surface area contributed by atoms with E-state index in [4.69, 9.17) is 16.6 Å². The van der Waals surface area contributed by atoms with E-state index in [0.717, 1.165) is 55.5 Å². The van der Waals surface area contributed by atoms with Gasteiger partial charge in [-0.05, 0) is 72.9 Å². The Morgan fingerprint density at radius 3 is 2.65 bits per heavy atom. The van der Waals surface area contributed by atoms with E-state index in [-0.39, 0.29) is 12.6 Å². The number of anilines is 2. The summed E-state index contributed by atoms with van der Waals surface area (Å²) in [6, 6.07) is 15.7. The van der Waals surface area contributed by atoms with Gasteiger partial charge in [-0.2, -0.15) is 5.10 Å². The molecule has 1 fully saturated rings. The number of benzene rings is 3. The van der Waals surface area contributed by atoms with Gasteiger partial charge in [0.05, 0.1) is 21.9 Å². The largest absolute Gasteiger partial charge is 0.396 e. The summed E-state index contributed by atoms with van der Waals surface area (Å²) < 4.78 is 2.84. The van der Waals surface area contributed by atoms with Crippen LogP contribution in [0.4, 0.5) is 15.6 Å². The summed E-state index contributed by atoms with van der Waals surface area (Å²) in [5.74, 6) is 0. The molecule has 7 nitrogen and oxygen atoms in total. The van der Waals surface area contributed by atoms with E-state index in [2.05, 4.69) is 11.2 Å². The van der Waals surface area contributed by atoms with Crippen LogP contribution in [0.15, 0.2) is 54.7 Å². The van der Waals surface area contributed by atoms with Gasteiger partial charge in [0, 0.05) is 48.4 Å². The molecule has 0 spiro atoms. The highest BCUT2D eigenvalue weighted by atomic mass is 35.5. The molecule has 9 heteroatoms. The number of aliphatic hydroxyl groups is 1. The number of aryl methyl sites for hydroxylation is 2. The smallest absolute Gasteiger partial charge is 0.330 e. The first-order chi connectivity index (χ1) is 17.9. The van der Waals surface area contributed by atoms with Crippen molar-refractivity contribution < 1.29 is 9.90 Å². The molecular formula is C28H26ClN5O2S. The first-order valence-electron chi connectivity index (χ1n) is 12.2. The predicted octanol–water partition coefficient (Wildman–Crippen LogP) is 6.18. The normalized spacial score (nSPS) is 14.3. The zero-order valence-corrected chi connectivity index (χ0v) is 22.2. The number of carbonyl (C=O) groups excluding carboxylic acids is 1. The lowest BCUT2D eigenvalue weighted by molar-refractivity contribution is 0.248. The highest BCUT2D eigenvalue weighted by molar-refractivity contribution is 7.23. The summed E-state index contributed by atoms with van der Waals surface area (Å²) in [7, 11) is 1.91. The van der Waals surface area contributed by atoms with Crippen LogP contribution in [-0.4, -0.2) is 45.6 Å². The van der Waals surface area contributed by atoms with E-state index in [1.54, 1.807) is 4.90 Å². The molecule has 0 bridgehead atoms. The highest BCUT2D eigenvalue weighted by Gasteiger charge is 2.31. The topological polar surface area (TPSA) is 74.5 Å². The molecule has 2 aromatic heterocycles. The Morgan fingerprint density at radius 2 is 1.86 bits per heavy atom. The van der Waals surface area contributed by atoms with Crippen molar-refractivity contribution in [3.63, 3.8) is 0 Å². The molecule has 0 atom stereocenters. The number of aliphatic hydroxyl groups excluding tert-OH is 1. The van der Waals surface area contributed by atoms with Crippen LogP contribution in [0, 0.1) is 6.92 Å². The summed E-state index contributed by atoms with van der Waals surface area (Å²) in [6.07, 6.45) is 3.20. The van der Waals surface area contributed by atoms with Gasteiger partial charge in [-0.1, -0.05) is 35.1 Å². The number of urea groups is 1. The second kappa shape index (κ2) is 9.45. The van der Waals surface area contributed by atoms with Crippen molar-refractivity contribution in [2.75, 3.05) is 29.5 Å². The number of amides is 2. The molecule has 0 aliphatic carbocycles. The summed E-state index contributed by atoms with van der Waals surface area (Å²) in [6.45, 7) is 3.37. The molecule has 3 heterocycles. The molecule has 1 aliphatic heterocycles. The molecule has 0 saturated carbocycles. The summed E-state index contributed by atoms with van der Waals surface area (Å²) in [4.78, 5) is 22.3. The van der Waals surface area contributed by atoms with Gasteiger partial charge in [-0.25, -0.2) is 9.78 Å². The van der Waals surface area contributed by atoms with Gasteiger partial charge in [0.2, 0.25) is 0 Å². The zero-order valence-electron chi connectivity index (χ0n) is 20.6. The van der Waals surface area contributed by atoms with Gasteiger partial charge < -0.3 is 5.11 Å². The van der Waals surface area contributed by atoms with Crippen molar-refractivity contribution in [1.82, 2.24) is 14.8 Å². The van der Waals surface area contributed by atoms with E-state index in [9.17, 15) is 9.90 Å². The zero-order chi connectivity index (χ0) is 25.7. The molecule has 37 heavy (non-hydrogen) atoms. The summed E-state index contributed by atoms with van der Waals surface area (Å²) in [5.41, 5.74) is 6.97. The molecule has 6 rings (SSSR count). The number of fused-ring (bicyclic) bond motifs is 2. The number of thiazole rings is 1. The molecule has 0 unspecified atom stereocenters. The fourth-order valence-electron chi connectivity index (χ4n) is 5.15. The SMILES string of the molecule is Cc1cc2nc(N3CCCN(c4ccc5c(cnn5C)c4)C3=O)sc2c(-c2ccc(Cl)cc2)c1CCO. The minimum atomic E-state index is -0.0751. The predicted molar refractivity (Wildman–Crippen MR) is 151 cm³/mol. The molecule has 1 N–H and O–H groups in total. The third-order valence-electron chi connectivity index (χ3n) is 6.99. The van der Waals surface area contributed by atoms with Crippen LogP contribution in [0.1, 0.15) is 17.5 Å². The van der Waals surface area contributed by atoms with Crippen LogP contribution < -0.4 is 9.80 Å². The lowest BCUT2D eigenvalue weighted by atomic mass is 9.93. The van der Waals surface area contributed by atoms with E-state index in [0.29, 0.717) is 29.7 Å². The maximum absolute atomic E-state index is 13.7. The monoisotopic (exact) mass is 531 g/mol. The van der Waals surface area contributed by atoms with Crippen molar-refractivity contribution in [3.05, 3.63) is 70.9 Å². The highest BCUT2D eigenvalue weighted by Crippen LogP contribution is 2.41. The van der Waals surface area contributed by atoms with Crippen molar-refractivity contribution in [1.29, 1.82) is 0 Å². The molecule has 3 aromatic carbocycles. The number of aromatic nitrogens is 3. The molecule has 1 aliphatic rings. The summed E-state index contributed by atoms with van der Waals surface area (Å²) >= 11 is 7.69. The van der Waals surface area contributed by atoms with Gasteiger partial charge in [0.25, 0.3) is 0 Å². The minimum Gasteiger partial charge on any atom is -0.396 e. The average Bonchev–Trinajstić information content (AvgIpc) is 3.48. The van der Waals surface area contributed by atoms with Gasteiger partial charge in [0.1, 0.15) is 0 Å². The van der Waals surface area contributed by atoms with Crippen molar-refractivity contribution in [2.45, 2.75) is 19.8 Å². The Labute approximate surface area is 223 Å². The second-order valence-electron chi connectivity index (χ2n) is 9.32. The number of hydrogen-bond acceptors (Lipinski definition) is 5. The van der Waals surface area contributed by atoms with Crippen LogP contribution in [0.2, 0.25) is 5.02 Å². The Balaban J connectivity index is 1.42. The number of hydrogen-bond donors (Lipinski definition) is 1.